The van der Waals surface area contributed by atoms with Gasteiger partial charge in [-0.25, -0.2) is 0 Å². The highest BCUT2D eigenvalue weighted by molar-refractivity contribution is 9.10. The molecule has 2 N–H and O–H groups in total. The molecule has 0 amide bonds. The number of piperidine rings is 1. The molecule has 0 aliphatic carbocycles. The fourth-order valence-corrected chi connectivity index (χ4v) is 2.72. The zero-order chi connectivity index (χ0) is 13.0. The van der Waals surface area contributed by atoms with E-state index in [1.807, 2.05) is 12.1 Å². The van der Waals surface area contributed by atoms with Gasteiger partial charge in [0, 0.05) is 24.2 Å². The number of halogens is 1. The maximum Gasteiger partial charge on any atom is 0.0750 e. The van der Waals surface area contributed by atoms with Crippen LogP contribution in [0.2, 0.25) is 0 Å². The van der Waals surface area contributed by atoms with E-state index in [1.165, 1.54) is 6.42 Å². The van der Waals surface area contributed by atoms with Gasteiger partial charge >= 0.3 is 0 Å². The van der Waals surface area contributed by atoms with Gasteiger partial charge in [0.05, 0.1) is 17.5 Å². The Hall–Kier alpha value is -0.740. The molecule has 1 saturated heterocycles. The third-order valence-electron chi connectivity index (χ3n) is 3.27. The molecule has 100 valence electrons. The highest BCUT2D eigenvalue weighted by Crippen LogP contribution is 2.29. The lowest BCUT2D eigenvalue weighted by molar-refractivity contribution is 0.0441. The summed E-state index contributed by atoms with van der Waals surface area (Å²) in [6.45, 7) is 5.01. The predicted octanol–water partition coefficient (Wildman–Crippen LogP) is 3.43. The quantitative estimate of drug-likeness (QED) is 0.866. The highest BCUT2D eigenvalue weighted by Gasteiger charge is 2.21. The molecule has 0 bridgehead atoms. The van der Waals surface area contributed by atoms with Crippen molar-refractivity contribution in [2.24, 2.45) is 0 Å². The van der Waals surface area contributed by atoms with Crippen molar-refractivity contribution in [2.75, 3.05) is 30.3 Å². The molecule has 0 spiro atoms. The first-order valence-corrected chi connectivity index (χ1v) is 7.41. The van der Waals surface area contributed by atoms with Crippen molar-refractivity contribution in [3.8, 4) is 0 Å². The summed E-state index contributed by atoms with van der Waals surface area (Å²) in [5.41, 5.74) is 8.02. The van der Waals surface area contributed by atoms with Gasteiger partial charge in [-0.1, -0.05) is 22.9 Å². The summed E-state index contributed by atoms with van der Waals surface area (Å²) < 4.78 is 6.93. The van der Waals surface area contributed by atoms with E-state index in [9.17, 15) is 0 Å². The van der Waals surface area contributed by atoms with Crippen LogP contribution in [0.1, 0.15) is 26.2 Å². The SMILES string of the molecule is CCCOC1CCCN(c2cc(Br)ccc2N)C1. The number of hydrogen-bond acceptors (Lipinski definition) is 3. The lowest BCUT2D eigenvalue weighted by Crippen LogP contribution is -2.40. The van der Waals surface area contributed by atoms with Gasteiger partial charge in [-0.05, 0) is 37.5 Å². The van der Waals surface area contributed by atoms with E-state index in [0.717, 1.165) is 48.4 Å². The van der Waals surface area contributed by atoms with Crippen molar-refractivity contribution in [2.45, 2.75) is 32.3 Å². The standard InChI is InChI=1S/C14H21BrN2O/c1-2-8-18-12-4-3-7-17(10-12)14-9-11(15)5-6-13(14)16/h5-6,9,12H,2-4,7-8,10,16H2,1H3. The number of rotatable bonds is 4. The Morgan fingerprint density at radius 3 is 3.11 bits per heavy atom. The van der Waals surface area contributed by atoms with Crippen LogP contribution in [0, 0.1) is 0 Å². The first kappa shape index (κ1) is 13.7. The van der Waals surface area contributed by atoms with Crippen LogP contribution in [-0.2, 0) is 4.74 Å². The van der Waals surface area contributed by atoms with Crippen LogP contribution in [-0.4, -0.2) is 25.8 Å². The summed E-state index contributed by atoms with van der Waals surface area (Å²) in [6.07, 6.45) is 3.75. The number of ether oxygens (including phenoxy) is 1. The van der Waals surface area contributed by atoms with Crippen LogP contribution >= 0.6 is 15.9 Å². The Balaban J connectivity index is 2.05. The molecule has 1 aliphatic rings. The molecule has 1 heterocycles. The van der Waals surface area contributed by atoms with E-state index < -0.39 is 0 Å². The number of nitrogens with two attached hydrogens (primary N) is 1. The van der Waals surface area contributed by atoms with Crippen molar-refractivity contribution >= 4 is 27.3 Å². The molecule has 0 radical (unpaired) electrons. The normalized spacial score (nSPS) is 20.1. The van der Waals surface area contributed by atoms with E-state index in [1.54, 1.807) is 0 Å². The third kappa shape index (κ3) is 3.39. The molecule has 4 heteroatoms. The Kier molecular flexibility index (Phi) is 4.89. The summed E-state index contributed by atoms with van der Waals surface area (Å²) in [5.74, 6) is 0. The third-order valence-corrected chi connectivity index (χ3v) is 3.76. The molecule has 1 fully saturated rings. The number of anilines is 2. The smallest absolute Gasteiger partial charge is 0.0750 e. The number of nitrogens with zero attached hydrogens (tertiary/aromatic N) is 1. The Bertz CT molecular complexity index is 397. The first-order chi connectivity index (χ1) is 8.70. The van der Waals surface area contributed by atoms with Gasteiger partial charge in [0.15, 0.2) is 0 Å². The Morgan fingerprint density at radius 2 is 2.33 bits per heavy atom. The molecule has 0 saturated carbocycles. The molecule has 1 aromatic carbocycles. The number of nitrogen functional groups attached to an aromatic ring is 1. The van der Waals surface area contributed by atoms with E-state index in [-0.39, 0.29) is 0 Å². The molecule has 1 atom stereocenters. The largest absolute Gasteiger partial charge is 0.397 e. The summed E-state index contributed by atoms with van der Waals surface area (Å²) in [5, 5.41) is 0. The van der Waals surface area contributed by atoms with E-state index in [0.29, 0.717) is 6.10 Å². The predicted molar refractivity (Wildman–Crippen MR) is 80.0 cm³/mol. The summed E-state index contributed by atoms with van der Waals surface area (Å²) in [4.78, 5) is 2.34. The van der Waals surface area contributed by atoms with Crippen LogP contribution in [0.15, 0.2) is 22.7 Å². The van der Waals surface area contributed by atoms with Crippen molar-refractivity contribution in [3.63, 3.8) is 0 Å². The fourth-order valence-electron chi connectivity index (χ4n) is 2.37. The molecule has 3 nitrogen and oxygen atoms in total. The maximum atomic E-state index is 6.06. The van der Waals surface area contributed by atoms with Crippen molar-refractivity contribution in [1.82, 2.24) is 0 Å². The topological polar surface area (TPSA) is 38.5 Å². The molecule has 1 unspecified atom stereocenters. The monoisotopic (exact) mass is 312 g/mol. The second-order valence-electron chi connectivity index (χ2n) is 4.78. The highest BCUT2D eigenvalue weighted by atomic mass is 79.9. The Morgan fingerprint density at radius 1 is 1.50 bits per heavy atom. The van der Waals surface area contributed by atoms with Crippen molar-refractivity contribution in [1.29, 1.82) is 0 Å². The van der Waals surface area contributed by atoms with E-state index in [4.69, 9.17) is 10.5 Å². The van der Waals surface area contributed by atoms with Crippen LogP contribution in [0.3, 0.4) is 0 Å². The van der Waals surface area contributed by atoms with Gasteiger partial charge < -0.3 is 15.4 Å². The zero-order valence-electron chi connectivity index (χ0n) is 10.9. The molecule has 1 aliphatic heterocycles. The lowest BCUT2D eigenvalue weighted by atomic mass is 10.1. The van der Waals surface area contributed by atoms with Crippen molar-refractivity contribution < 1.29 is 4.74 Å². The molecule has 2 rings (SSSR count). The first-order valence-electron chi connectivity index (χ1n) is 6.62. The van der Waals surface area contributed by atoms with Gasteiger partial charge in [0.2, 0.25) is 0 Å². The average Bonchev–Trinajstić information content (AvgIpc) is 2.39. The Labute approximate surface area is 117 Å². The van der Waals surface area contributed by atoms with Crippen LogP contribution in [0.25, 0.3) is 0 Å². The van der Waals surface area contributed by atoms with Crippen molar-refractivity contribution in [3.05, 3.63) is 22.7 Å². The molecular weight excluding hydrogens is 292 g/mol. The fraction of sp³-hybridized carbons (Fsp3) is 0.571. The van der Waals surface area contributed by atoms with E-state index in [2.05, 4.69) is 33.8 Å². The molecule has 18 heavy (non-hydrogen) atoms. The van der Waals surface area contributed by atoms with Gasteiger partial charge in [0.25, 0.3) is 0 Å². The molecular formula is C14H21BrN2O. The summed E-state index contributed by atoms with van der Waals surface area (Å²) in [6, 6.07) is 6.03. The van der Waals surface area contributed by atoms with Crippen LogP contribution in [0.5, 0.6) is 0 Å². The minimum atomic E-state index is 0.345. The maximum absolute atomic E-state index is 6.06. The lowest BCUT2D eigenvalue weighted by Gasteiger charge is -2.35. The molecule has 1 aromatic rings. The van der Waals surface area contributed by atoms with Gasteiger partial charge in [-0.3, -0.25) is 0 Å². The number of hydrogen-bond donors (Lipinski definition) is 1. The zero-order valence-corrected chi connectivity index (χ0v) is 12.4. The van der Waals surface area contributed by atoms with Gasteiger partial charge in [-0.2, -0.15) is 0 Å². The number of benzene rings is 1. The van der Waals surface area contributed by atoms with Crippen LogP contribution in [0.4, 0.5) is 11.4 Å². The minimum absolute atomic E-state index is 0.345. The summed E-state index contributed by atoms with van der Waals surface area (Å²) >= 11 is 3.51. The minimum Gasteiger partial charge on any atom is -0.397 e. The second-order valence-corrected chi connectivity index (χ2v) is 5.70. The van der Waals surface area contributed by atoms with E-state index >= 15 is 0 Å². The second kappa shape index (κ2) is 6.43. The van der Waals surface area contributed by atoms with Gasteiger partial charge in [-0.15, -0.1) is 0 Å². The van der Waals surface area contributed by atoms with Gasteiger partial charge in [0.1, 0.15) is 0 Å². The molecule has 0 aromatic heterocycles. The van der Waals surface area contributed by atoms with Crippen LogP contribution < -0.4 is 10.6 Å². The average molecular weight is 313 g/mol. The summed E-state index contributed by atoms with van der Waals surface area (Å²) in [7, 11) is 0.